The van der Waals surface area contributed by atoms with Crippen LogP contribution in [0.15, 0.2) is 230 Å². The SMILES string of the molecule is C1=CC2=CC(c3c(N(c4cccc(N(c5ccccc5)c5ccc(-c6ccccc6)cc5)c4)c4ccc5ccccc5c4)ccc4ccccc34)=CCC2C=C1. The second-order valence-corrected chi connectivity index (χ2v) is 14.5. The maximum Gasteiger partial charge on any atom is 0.0546 e. The summed E-state index contributed by atoms with van der Waals surface area (Å²) >= 11 is 0. The van der Waals surface area contributed by atoms with Crippen molar-refractivity contribution in [2.24, 2.45) is 5.92 Å². The lowest BCUT2D eigenvalue weighted by Gasteiger charge is -2.32. The molecule has 56 heavy (non-hydrogen) atoms. The first-order valence-electron chi connectivity index (χ1n) is 19.5. The van der Waals surface area contributed by atoms with Crippen LogP contribution in [0.4, 0.5) is 34.1 Å². The molecule has 0 aliphatic heterocycles. The highest BCUT2D eigenvalue weighted by Gasteiger charge is 2.24. The van der Waals surface area contributed by atoms with Gasteiger partial charge in [-0.05, 0) is 111 Å². The van der Waals surface area contributed by atoms with Crippen LogP contribution in [0.5, 0.6) is 0 Å². The van der Waals surface area contributed by atoms with E-state index in [1.165, 1.54) is 49.4 Å². The molecule has 1 atom stereocenters. The summed E-state index contributed by atoms with van der Waals surface area (Å²) < 4.78 is 0. The first-order valence-corrected chi connectivity index (χ1v) is 19.5. The lowest BCUT2D eigenvalue weighted by Crippen LogP contribution is -2.15. The van der Waals surface area contributed by atoms with Crippen LogP contribution in [-0.2, 0) is 0 Å². The Kier molecular flexibility index (Phi) is 8.70. The molecule has 2 nitrogen and oxygen atoms in total. The summed E-state index contributed by atoms with van der Waals surface area (Å²) in [5.41, 5.74) is 12.9. The largest absolute Gasteiger partial charge is 0.310 e. The first kappa shape index (κ1) is 33.4. The van der Waals surface area contributed by atoms with Gasteiger partial charge < -0.3 is 9.80 Å². The van der Waals surface area contributed by atoms with Gasteiger partial charge in [0.2, 0.25) is 0 Å². The van der Waals surface area contributed by atoms with Crippen molar-refractivity contribution in [3.05, 3.63) is 236 Å². The Morgan fingerprint density at radius 2 is 1.04 bits per heavy atom. The number of hydrogen-bond acceptors (Lipinski definition) is 2. The third kappa shape index (κ3) is 6.32. The van der Waals surface area contributed by atoms with Crippen LogP contribution >= 0.6 is 0 Å². The minimum atomic E-state index is 0.418. The molecule has 1 unspecified atom stereocenters. The van der Waals surface area contributed by atoms with Crippen molar-refractivity contribution in [2.75, 3.05) is 9.80 Å². The van der Waals surface area contributed by atoms with Crippen LogP contribution in [0, 0.1) is 5.92 Å². The minimum absolute atomic E-state index is 0.418. The zero-order valence-electron chi connectivity index (χ0n) is 31.0. The van der Waals surface area contributed by atoms with Gasteiger partial charge in [-0.25, -0.2) is 0 Å². The lowest BCUT2D eigenvalue weighted by molar-refractivity contribution is 0.783. The Morgan fingerprint density at radius 3 is 1.86 bits per heavy atom. The molecular weight excluding hydrogens is 677 g/mol. The number of hydrogen-bond donors (Lipinski definition) is 0. The molecule has 0 N–H and O–H groups in total. The smallest absolute Gasteiger partial charge is 0.0546 e. The van der Waals surface area contributed by atoms with Crippen LogP contribution in [0.1, 0.15) is 12.0 Å². The van der Waals surface area contributed by atoms with Crippen molar-refractivity contribution in [1.29, 1.82) is 0 Å². The first-order chi connectivity index (χ1) is 27.8. The van der Waals surface area contributed by atoms with Crippen molar-refractivity contribution in [2.45, 2.75) is 6.42 Å². The average molecular weight is 717 g/mol. The molecule has 0 bridgehead atoms. The topological polar surface area (TPSA) is 6.48 Å². The van der Waals surface area contributed by atoms with Crippen LogP contribution in [0.3, 0.4) is 0 Å². The van der Waals surface area contributed by atoms with Crippen molar-refractivity contribution < 1.29 is 0 Å². The van der Waals surface area contributed by atoms with Crippen molar-refractivity contribution >= 4 is 61.2 Å². The van der Waals surface area contributed by atoms with Crippen molar-refractivity contribution in [3.8, 4) is 11.1 Å². The van der Waals surface area contributed by atoms with E-state index in [1.54, 1.807) is 0 Å². The molecule has 0 radical (unpaired) electrons. The van der Waals surface area contributed by atoms with Gasteiger partial charge in [0.1, 0.15) is 0 Å². The van der Waals surface area contributed by atoms with Crippen LogP contribution in [-0.4, -0.2) is 0 Å². The molecule has 0 amide bonds. The molecule has 10 rings (SSSR count). The molecule has 0 heterocycles. The molecule has 0 spiro atoms. The van der Waals surface area contributed by atoms with Gasteiger partial charge in [-0.2, -0.15) is 0 Å². The monoisotopic (exact) mass is 716 g/mol. The lowest BCUT2D eigenvalue weighted by atomic mass is 9.82. The molecule has 8 aromatic rings. The molecule has 0 fully saturated rings. The zero-order chi connectivity index (χ0) is 37.3. The fourth-order valence-corrected chi connectivity index (χ4v) is 8.36. The number of anilines is 6. The third-order valence-corrected chi connectivity index (χ3v) is 11.1. The van der Waals surface area contributed by atoms with Gasteiger partial charge in [0.05, 0.1) is 5.69 Å². The van der Waals surface area contributed by atoms with E-state index in [9.17, 15) is 0 Å². The predicted octanol–water partition coefficient (Wildman–Crippen LogP) is 15.1. The Balaban J connectivity index is 1.17. The number of nitrogens with zero attached hydrogens (tertiary/aromatic N) is 2. The van der Waals surface area contributed by atoms with Crippen molar-refractivity contribution in [1.82, 2.24) is 0 Å². The van der Waals surface area contributed by atoms with E-state index in [-0.39, 0.29) is 0 Å². The van der Waals surface area contributed by atoms with Crippen LogP contribution < -0.4 is 9.80 Å². The van der Waals surface area contributed by atoms with E-state index in [0.717, 1.165) is 40.5 Å². The standard InChI is InChI=1S/C54H40N2/c1-3-14-39(15-4-1)42-28-32-48(33-29-42)55(47-21-5-2-6-22-47)49-23-13-24-50(38-49)56(51-34-30-41-17-8-10-20-45(41)37-51)53-35-31-43-18-11-12-25-52(43)54(53)46-27-26-40-16-7-9-19-44(40)36-46/h1-25,27-38,40H,26H2. The summed E-state index contributed by atoms with van der Waals surface area (Å²) in [5.74, 6) is 0.418. The molecule has 8 aromatic carbocycles. The van der Waals surface area contributed by atoms with E-state index < -0.39 is 0 Å². The Bertz CT molecular complexity index is 2830. The van der Waals surface area contributed by atoms with E-state index in [2.05, 4.69) is 234 Å². The van der Waals surface area contributed by atoms with Crippen molar-refractivity contribution in [3.63, 3.8) is 0 Å². The van der Waals surface area contributed by atoms with Crippen LogP contribution in [0.2, 0.25) is 0 Å². The fourth-order valence-electron chi connectivity index (χ4n) is 8.36. The van der Waals surface area contributed by atoms with Gasteiger partial charge in [0, 0.05) is 39.9 Å². The number of rotatable bonds is 8. The maximum absolute atomic E-state index is 2.46. The fraction of sp³-hybridized carbons (Fsp3) is 0.0370. The minimum Gasteiger partial charge on any atom is -0.310 e. The highest BCUT2D eigenvalue weighted by Crippen LogP contribution is 2.47. The van der Waals surface area contributed by atoms with Gasteiger partial charge in [-0.1, -0.05) is 164 Å². The van der Waals surface area contributed by atoms with Gasteiger partial charge in [-0.15, -0.1) is 0 Å². The van der Waals surface area contributed by atoms with E-state index in [1.807, 2.05) is 0 Å². The van der Waals surface area contributed by atoms with Gasteiger partial charge in [0.25, 0.3) is 0 Å². The maximum atomic E-state index is 2.46. The molecular formula is C54H40N2. The normalized spacial score (nSPS) is 14.6. The summed E-state index contributed by atoms with van der Waals surface area (Å²) in [7, 11) is 0. The van der Waals surface area contributed by atoms with Gasteiger partial charge in [-0.3, -0.25) is 0 Å². The van der Waals surface area contributed by atoms with E-state index in [4.69, 9.17) is 0 Å². The van der Waals surface area contributed by atoms with Crippen LogP contribution in [0.25, 0.3) is 38.2 Å². The molecule has 0 aromatic heterocycles. The van der Waals surface area contributed by atoms with Gasteiger partial charge in [0.15, 0.2) is 0 Å². The zero-order valence-corrected chi connectivity index (χ0v) is 31.0. The summed E-state index contributed by atoms with van der Waals surface area (Å²) in [5, 5.41) is 4.90. The number of allylic oxidation sites excluding steroid dienone is 8. The summed E-state index contributed by atoms with van der Waals surface area (Å²) in [6.07, 6.45) is 14.8. The summed E-state index contributed by atoms with van der Waals surface area (Å²) in [4.78, 5) is 4.82. The van der Waals surface area contributed by atoms with E-state index in [0.29, 0.717) is 5.92 Å². The molecule has 2 aliphatic carbocycles. The predicted molar refractivity (Wildman–Crippen MR) is 239 cm³/mol. The number of fused-ring (bicyclic) bond motifs is 3. The molecule has 2 heteroatoms. The number of para-hydroxylation sites is 1. The molecule has 2 aliphatic rings. The van der Waals surface area contributed by atoms with E-state index >= 15 is 0 Å². The quantitative estimate of drug-likeness (QED) is 0.154. The molecule has 0 saturated heterocycles. The van der Waals surface area contributed by atoms with Gasteiger partial charge >= 0.3 is 0 Å². The molecule has 266 valence electrons. The second kappa shape index (κ2) is 14.6. The molecule has 0 saturated carbocycles. The Morgan fingerprint density at radius 1 is 0.429 bits per heavy atom. The highest BCUT2D eigenvalue weighted by molar-refractivity contribution is 6.05. The second-order valence-electron chi connectivity index (χ2n) is 14.5. The Labute approximate surface area is 328 Å². The number of benzene rings is 8. The summed E-state index contributed by atoms with van der Waals surface area (Å²) in [6, 6.07) is 68.1. The third-order valence-electron chi connectivity index (χ3n) is 11.1. The highest BCUT2D eigenvalue weighted by atomic mass is 15.2. The average Bonchev–Trinajstić information content (AvgIpc) is 3.27. The Hall–Kier alpha value is -7.16. The summed E-state index contributed by atoms with van der Waals surface area (Å²) in [6.45, 7) is 0.